The number of nitrogens with zero attached hydrogens (tertiary/aromatic N) is 1. The average Bonchev–Trinajstić information content (AvgIpc) is 2.98. The van der Waals surface area contributed by atoms with Crippen LogP contribution in [0, 0.1) is 0 Å². The first-order valence-electron chi connectivity index (χ1n) is 8.12. The van der Waals surface area contributed by atoms with Gasteiger partial charge in [-0.25, -0.2) is 4.79 Å². The summed E-state index contributed by atoms with van der Waals surface area (Å²) in [6.45, 7) is 6.95. The second-order valence-corrected chi connectivity index (χ2v) is 5.90. The molecule has 1 aliphatic heterocycles. The fourth-order valence-electron chi connectivity index (χ4n) is 2.66. The highest BCUT2D eigenvalue weighted by atomic mass is 16.5. The van der Waals surface area contributed by atoms with Gasteiger partial charge in [-0.2, -0.15) is 0 Å². The van der Waals surface area contributed by atoms with Gasteiger partial charge in [0, 0.05) is 18.3 Å². The highest BCUT2D eigenvalue weighted by Gasteiger charge is 2.34. The van der Waals surface area contributed by atoms with Crippen LogP contribution in [0.5, 0.6) is 5.75 Å². The van der Waals surface area contributed by atoms with Gasteiger partial charge in [0.15, 0.2) is 0 Å². The lowest BCUT2D eigenvalue weighted by molar-refractivity contribution is -0.125. The van der Waals surface area contributed by atoms with Crippen molar-refractivity contribution in [2.75, 3.05) is 18.5 Å². The van der Waals surface area contributed by atoms with E-state index in [0.29, 0.717) is 25.3 Å². The van der Waals surface area contributed by atoms with E-state index in [9.17, 15) is 9.59 Å². The van der Waals surface area contributed by atoms with Gasteiger partial charge < -0.3 is 20.3 Å². The van der Waals surface area contributed by atoms with E-state index in [2.05, 4.69) is 10.6 Å². The number of likely N-dealkylation sites (tertiary alicyclic amines) is 1. The number of rotatable bonds is 5. The molecule has 0 aromatic heterocycles. The van der Waals surface area contributed by atoms with E-state index in [1.54, 1.807) is 17.0 Å². The summed E-state index contributed by atoms with van der Waals surface area (Å²) in [7, 11) is 0. The van der Waals surface area contributed by atoms with Gasteiger partial charge in [-0.3, -0.25) is 4.79 Å². The molecule has 0 radical (unpaired) electrons. The lowest BCUT2D eigenvalue weighted by Crippen LogP contribution is -2.48. The number of urea groups is 1. The lowest BCUT2D eigenvalue weighted by Gasteiger charge is -2.25. The van der Waals surface area contributed by atoms with E-state index in [4.69, 9.17) is 4.74 Å². The zero-order chi connectivity index (χ0) is 16.8. The van der Waals surface area contributed by atoms with Gasteiger partial charge >= 0.3 is 6.03 Å². The lowest BCUT2D eigenvalue weighted by atomic mass is 10.2. The van der Waals surface area contributed by atoms with Gasteiger partial charge in [0.1, 0.15) is 11.8 Å². The Bertz CT molecular complexity index is 543. The molecule has 3 amide bonds. The van der Waals surface area contributed by atoms with Crippen molar-refractivity contribution in [1.82, 2.24) is 10.2 Å². The Morgan fingerprint density at radius 3 is 2.61 bits per heavy atom. The molecule has 0 spiro atoms. The van der Waals surface area contributed by atoms with Gasteiger partial charge in [0.05, 0.1) is 6.61 Å². The molecule has 0 aliphatic carbocycles. The monoisotopic (exact) mass is 319 g/mol. The summed E-state index contributed by atoms with van der Waals surface area (Å²) in [5, 5.41) is 5.72. The van der Waals surface area contributed by atoms with Crippen LogP contribution < -0.4 is 15.4 Å². The Labute approximate surface area is 137 Å². The average molecular weight is 319 g/mol. The molecule has 1 fully saturated rings. The van der Waals surface area contributed by atoms with Crippen molar-refractivity contribution in [3.8, 4) is 5.75 Å². The quantitative estimate of drug-likeness (QED) is 0.876. The number of carbonyl (C=O) groups is 2. The van der Waals surface area contributed by atoms with Gasteiger partial charge in [-0.1, -0.05) is 0 Å². The molecule has 6 nitrogen and oxygen atoms in total. The van der Waals surface area contributed by atoms with E-state index in [1.807, 2.05) is 32.9 Å². The van der Waals surface area contributed by atoms with Crippen molar-refractivity contribution >= 4 is 17.6 Å². The van der Waals surface area contributed by atoms with E-state index >= 15 is 0 Å². The largest absolute Gasteiger partial charge is 0.494 e. The fraction of sp³-hybridized carbons (Fsp3) is 0.529. The minimum Gasteiger partial charge on any atom is -0.494 e. The highest BCUT2D eigenvalue weighted by molar-refractivity contribution is 5.94. The zero-order valence-corrected chi connectivity index (χ0v) is 14.0. The first-order chi connectivity index (χ1) is 11.0. The molecule has 1 heterocycles. The predicted octanol–water partition coefficient (Wildman–Crippen LogP) is 2.61. The molecule has 1 aromatic rings. The third-order valence-corrected chi connectivity index (χ3v) is 3.66. The highest BCUT2D eigenvalue weighted by Crippen LogP contribution is 2.20. The maximum atomic E-state index is 12.4. The van der Waals surface area contributed by atoms with Crippen LogP contribution >= 0.6 is 0 Å². The minimum atomic E-state index is -0.389. The number of amides is 3. The second kappa shape index (κ2) is 7.85. The third-order valence-electron chi connectivity index (χ3n) is 3.66. The zero-order valence-electron chi connectivity index (χ0n) is 14.0. The summed E-state index contributed by atoms with van der Waals surface area (Å²) in [6.07, 6.45) is 1.54. The second-order valence-electron chi connectivity index (χ2n) is 5.90. The van der Waals surface area contributed by atoms with Crippen molar-refractivity contribution in [2.45, 2.75) is 45.7 Å². The van der Waals surface area contributed by atoms with Crippen molar-refractivity contribution in [1.29, 1.82) is 0 Å². The van der Waals surface area contributed by atoms with E-state index in [0.717, 1.165) is 12.2 Å². The molecular weight excluding hydrogens is 294 g/mol. The van der Waals surface area contributed by atoms with Crippen LogP contribution in [0.3, 0.4) is 0 Å². The molecule has 126 valence electrons. The van der Waals surface area contributed by atoms with E-state index < -0.39 is 0 Å². The summed E-state index contributed by atoms with van der Waals surface area (Å²) in [6, 6.07) is 6.65. The Balaban J connectivity index is 1.97. The number of hydrogen-bond donors (Lipinski definition) is 2. The molecule has 1 aliphatic rings. The summed E-state index contributed by atoms with van der Waals surface area (Å²) in [5.74, 6) is 0.681. The first-order valence-corrected chi connectivity index (χ1v) is 8.12. The van der Waals surface area contributed by atoms with E-state index in [1.165, 1.54) is 0 Å². The van der Waals surface area contributed by atoms with Crippen molar-refractivity contribution in [2.24, 2.45) is 0 Å². The number of nitrogens with one attached hydrogen (secondary N) is 2. The molecule has 2 N–H and O–H groups in total. The molecule has 2 rings (SSSR count). The fourth-order valence-corrected chi connectivity index (χ4v) is 2.66. The Kier molecular flexibility index (Phi) is 5.84. The third kappa shape index (κ3) is 4.61. The first kappa shape index (κ1) is 17.1. The van der Waals surface area contributed by atoms with Crippen molar-refractivity contribution in [3.05, 3.63) is 24.3 Å². The summed E-state index contributed by atoms with van der Waals surface area (Å²) in [4.78, 5) is 26.2. The molecule has 23 heavy (non-hydrogen) atoms. The molecule has 0 bridgehead atoms. The van der Waals surface area contributed by atoms with Crippen LogP contribution in [-0.4, -0.2) is 42.1 Å². The van der Waals surface area contributed by atoms with Crippen LogP contribution in [0.1, 0.15) is 33.6 Å². The maximum Gasteiger partial charge on any atom is 0.322 e. The molecule has 1 aromatic carbocycles. The van der Waals surface area contributed by atoms with Gasteiger partial charge in [-0.05, 0) is 57.9 Å². The SMILES string of the molecule is CCOc1ccc(NC(=O)N2CCCC2C(=O)NC(C)C)cc1. The maximum absolute atomic E-state index is 12.4. The molecule has 0 saturated carbocycles. The number of hydrogen-bond acceptors (Lipinski definition) is 3. The number of carbonyl (C=O) groups excluding carboxylic acids is 2. The molecule has 1 saturated heterocycles. The topological polar surface area (TPSA) is 70.7 Å². The standard InChI is InChI=1S/C17H25N3O3/c1-4-23-14-9-7-13(8-10-14)19-17(22)20-11-5-6-15(20)16(21)18-12(2)3/h7-10,12,15H,4-6,11H2,1-3H3,(H,18,21)(H,19,22). The van der Waals surface area contributed by atoms with Crippen molar-refractivity contribution < 1.29 is 14.3 Å². The summed E-state index contributed by atoms with van der Waals surface area (Å²) in [5.41, 5.74) is 0.688. The van der Waals surface area contributed by atoms with Crippen LogP contribution in [-0.2, 0) is 4.79 Å². The molecule has 1 unspecified atom stereocenters. The normalized spacial score (nSPS) is 17.2. The predicted molar refractivity (Wildman–Crippen MR) is 89.6 cm³/mol. The Morgan fingerprint density at radius 1 is 1.30 bits per heavy atom. The minimum absolute atomic E-state index is 0.0686. The summed E-state index contributed by atoms with van der Waals surface area (Å²) < 4.78 is 5.38. The Hall–Kier alpha value is -2.24. The summed E-state index contributed by atoms with van der Waals surface area (Å²) >= 11 is 0. The van der Waals surface area contributed by atoms with Crippen molar-refractivity contribution in [3.63, 3.8) is 0 Å². The van der Waals surface area contributed by atoms with Gasteiger partial charge in [0.2, 0.25) is 5.91 Å². The number of ether oxygens (including phenoxy) is 1. The smallest absolute Gasteiger partial charge is 0.322 e. The number of anilines is 1. The van der Waals surface area contributed by atoms with Gasteiger partial charge in [0.25, 0.3) is 0 Å². The molecule has 1 atom stereocenters. The number of benzene rings is 1. The molecular formula is C17H25N3O3. The van der Waals surface area contributed by atoms with Crippen LogP contribution in [0.15, 0.2) is 24.3 Å². The van der Waals surface area contributed by atoms with Gasteiger partial charge in [-0.15, -0.1) is 0 Å². The van der Waals surface area contributed by atoms with Crippen LogP contribution in [0.25, 0.3) is 0 Å². The van der Waals surface area contributed by atoms with Crippen LogP contribution in [0.4, 0.5) is 10.5 Å². The Morgan fingerprint density at radius 2 is 2.00 bits per heavy atom. The van der Waals surface area contributed by atoms with E-state index in [-0.39, 0.29) is 24.0 Å². The van der Waals surface area contributed by atoms with Crippen LogP contribution in [0.2, 0.25) is 0 Å². The molecule has 6 heteroatoms.